The molecule has 0 aromatic heterocycles. The minimum absolute atomic E-state index is 0.0131. The van der Waals surface area contributed by atoms with Crippen molar-refractivity contribution in [2.75, 3.05) is 7.11 Å². The van der Waals surface area contributed by atoms with E-state index in [2.05, 4.69) is 41.5 Å². The summed E-state index contributed by atoms with van der Waals surface area (Å²) in [6.07, 6.45) is 9.30. The number of epoxide rings is 1. The molecule has 208 valence electrons. The molecule has 1 unspecified atom stereocenters. The Morgan fingerprint density at radius 1 is 1.00 bits per heavy atom. The molecule has 0 amide bonds. The van der Waals surface area contributed by atoms with Crippen LogP contribution in [0.2, 0.25) is 0 Å². The third-order valence-electron chi connectivity index (χ3n) is 11.4. The molecule has 1 aliphatic heterocycles. The first-order valence-electron chi connectivity index (χ1n) is 14.2. The molecule has 1 N–H and O–H groups in total. The van der Waals surface area contributed by atoms with Crippen LogP contribution in [0.3, 0.4) is 0 Å². The number of methoxy groups -OCH3 is 1. The van der Waals surface area contributed by atoms with E-state index >= 15 is 0 Å². The molecule has 0 radical (unpaired) electrons. The SMILES string of the molecule is COC(=O)[C@]1(CCC(C)=O)CCC(C)(C)C[C@H]1C(=O)/C=C\[C@@]12O[C@]1(C)CCC1C(C)(C)[C@@H](O)CC[C@@]12C. The fourth-order valence-corrected chi connectivity index (χ4v) is 8.80. The zero-order chi connectivity index (χ0) is 27.7. The average Bonchev–Trinajstić information content (AvgIpc) is 3.46. The van der Waals surface area contributed by atoms with Gasteiger partial charge < -0.3 is 19.4 Å². The van der Waals surface area contributed by atoms with Gasteiger partial charge in [-0.25, -0.2) is 0 Å². The van der Waals surface area contributed by atoms with Crippen molar-refractivity contribution in [1.29, 1.82) is 0 Å². The lowest BCUT2D eigenvalue weighted by Crippen LogP contribution is -2.59. The predicted octanol–water partition coefficient (Wildman–Crippen LogP) is 5.59. The maximum absolute atomic E-state index is 14.0. The van der Waals surface area contributed by atoms with E-state index in [4.69, 9.17) is 9.47 Å². The van der Waals surface area contributed by atoms with Gasteiger partial charge in [-0.1, -0.05) is 34.6 Å². The van der Waals surface area contributed by atoms with E-state index in [0.29, 0.717) is 19.3 Å². The van der Waals surface area contributed by atoms with Crippen LogP contribution in [0.5, 0.6) is 0 Å². The van der Waals surface area contributed by atoms with Crippen LogP contribution < -0.4 is 0 Å². The van der Waals surface area contributed by atoms with Gasteiger partial charge in [0, 0.05) is 17.8 Å². The summed E-state index contributed by atoms with van der Waals surface area (Å²) >= 11 is 0. The van der Waals surface area contributed by atoms with E-state index in [1.54, 1.807) is 6.08 Å². The fraction of sp³-hybridized carbons (Fsp3) is 0.839. The molecule has 3 aliphatic carbocycles. The molecule has 4 fully saturated rings. The molecule has 0 spiro atoms. The van der Waals surface area contributed by atoms with Gasteiger partial charge in [0.1, 0.15) is 11.4 Å². The second-order valence-electron chi connectivity index (χ2n) is 14.5. The van der Waals surface area contributed by atoms with Gasteiger partial charge in [0.25, 0.3) is 0 Å². The van der Waals surface area contributed by atoms with E-state index in [0.717, 1.165) is 32.1 Å². The monoisotopic (exact) mass is 516 g/mol. The number of ketones is 2. The van der Waals surface area contributed by atoms with Gasteiger partial charge in [0.05, 0.1) is 24.2 Å². The number of fused-ring (bicyclic) bond motifs is 3. The summed E-state index contributed by atoms with van der Waals surface area (Å²) in [7, 11) is 1.37. The number of hydrogen-bond donors (Lipinski definition) is 1. The molecule has 37 heavy (non-hydrogen) atoms. The Morgan fingerprint density at radius 3 is 2.30 bits per heavy atom. The van der Waals surface area contributed by atoms with Crippen molar-refractivity contribution in [3.05, 3.63) is 12.2 Å². The highest BCUT2D eigenvalue weighted by molar-refractivity contribution is 5.97. The van der Waals surface area contributed by atoms with Gasteiger partial charge in [0.15, 0.2) is 5.78 Å². The normalized spacial score (nSPS) is 44.0. The van der Waals surface area contributed by atoms with Crippen LogP contribution >= 0.6 is 0 Å². The van der Waals surface area contributed by atoms with Crippen LogP contribution in [-0.2, 0) is 23.9 Å². The number of carbonyl (C=O) groups excluding carboxylic acids is 3. The summed E-state index contributed by atoms with van der Waals surface area (Å²) < 4.78 is 11.8. The number of carbonyl (C=O) groups is 3. The van der Waals surface area contributed by atoms with Crippen LogP contribution in [0, 0.1) is 33.5 Å². The molecule has 4 aliphatic rings. The molecule has 0 aromatic carbocycles. The third kappa shape index (κ3) is 4.25. The molecular weight excluding hydrogens is 468 g/mol. The summed E-state index contributed by atoms with van der Waals surface area (Å²) in [5, 5.41) is 10.8. The van der Waals surface area contributed by atoms with Crippen molar-refractivity contribution in [3.63, 3.8) is 0 Å². The van der Waals surface area contributed by atoms with E-state index in [-0.39, 0.29) is 57.8 Å². The minimum atomic E-state index is -0.987. The van der Waals surface area contributed by atoms with Crippen LogP contribution in [0.1, 0.15) is 106 Å². The van der Waals surface area contributed by atoms with Gasteiger partial charge in [-0.3, -0.25) is 9.59 Å². The number of allylic oxidation sites excluding steroid dienone is 1. The highest BCUT2D eigenvalue weighted by Crippen LogP contribution is 2.73. The van der Waals surface area contributed by atoms with E-state index in [1.807, 2.05) is 6.08 Å². The number of aliphatic hydroxyl groups excluding tert-OH is 1. The number of ether oxygens (including phenoxy) is 2. The van der Waals surface area contributed by atoms with Crippen LogP contribution in [0.4, 0.5) is 0 Å². The van der Waals surface area contributed by atoms with Crippen LogP contribution in [-0.4, -0.2) is 47.1 Å². The molecule has 0 bridgehead atoms. The van der Waals surface area contributed by atoms with Crippen molar-refractivity contribution < 1.29 is 29.0 Å². The highest BCUT2D eigenvalue weighted by Gasteiger charge is 2.78. The summed E-state index contributed by atoms with van der Waals surface area (Å²) in [5.41, 5.74) is -2.39. The molecule has 6 nitrogen and oxygen atoms in total. The van der Waals surface area contributed by atoms with E-state index in [9.17, 15) is 19.5 Å². The Balaban J connectivity index is 1.69. The molecule has 7 atom stereocenters. The Labute approximate surface area is 222 Å². The highest BCUT2D eigenvalue weighted by atomic mass is 16.6. The number of hydrogen-bond acceptors (Lipinski definition) is 6. The van der Waals surface area contributed by atoms with Gasteiger partial charge in [0.2, 0.25) is 0 Å². The van der Waals surface area contributed by atoms with Crippen molar-refractivity contribution >= 4 is 17.5 Å². The standard InChI is InChI=1S/C31H48O6/c1-20(32)9-15-30(25(35)36-8)18-17-26(2,3)19-21(30)22(33)10-16-31-28(6)13-12-24(34)27(4,5)23(28)11-14-29(31,7)37-31/h10,16,21,23-24,34H,9,11-15,17-19H2,1-8H3/b16-10-/t21-,23?,24-,28-,29+,30+,31-/m0/s1. The van der Waals surface area contributed by atoms with Crippen molar-refractivity contribution in [3.8, 4) is 0 Å². The number of Topliss-reactive ketones (excluding diaryl/α,β-unsaturated/α-hetero) is 1. The average molecular weight is 517 g/mol. The maximum atomic E-state index is 14.0. The van der Waals surface area contributed by atoms with E-state index < -0.39 is 16.9 Å². The summed E-state index contributed by atoms with van der Waals surface area (Å²) in [4.78, 5) is 39.2. The van der Waals surface area contributed by atoms with Gasteiger partial charge in [-0.2, -0.15) is 0 Å². The zero-order valence-electron chi connectivity index (χ0n) is 24.2. The van der Waals surface area contributed by atoms with Gasteiger partial charge >= 0.3 is 5.97 Å². The predicted molar refractivity (Wildman–Crippen MR) is 142 cm³/mol. The number of aliphatic hydroxyl groups is 1. The Hall–Kier alpha value is -1.53. The maximum Gasteiger partial charge on any atom is 0.312 e. The lowest BCUT2D eigenvalue weighted by molar-refractivity contribution is -0.165. The summed E-state index contributed by atoms with van der Waals surface area (Å²) in [5.74, 6) is -0.710. The van der Waals surface area contributed by atoms with Crippen molar-refractivity contribution in [1.82, 2.24) is 0 Å². The van der Waals surface area contributed by atoms with Gasteiger partial charge in [-0.15, -0.1) is 0 Å². The van der Waals surface area contributed by atoms with Crippen molar-refractivity contribution in [2.24, 2.45) is 33.5 Å². The fourth-order valence-electron chi connectivity index (χ4n) is 8.80. The zero-order valence-corrected chi connectivity index (χ0v) is 24.2. The Bertz CT molecular complexity index is 996. The molecular formula is C31H48O6. The van der Waals surface area contributed by atoms with Crippen LogP contribution in [0.25, 0.3) is 0 Å². The summed E-state index contributed by atoms with van der Waals surface area (Å²) in [6.45, 7) is 14.6. The third-order valence-corrected chi connectivity index (χ3v) is 11.4. The second kappa shape index (κ2) is 9.01. The van der Waals surface area contributed by atoms with Crippen molar-refractivity contribution in [2.45, 2.75) is 124 Å². The number of rotatable bonds is 7. The quantitative estimate of drug-likeness (QED) is 0.269. The Morgan fingerprint density at radius 2 is 1.68 bits per heavy atom. The summed E-state index contributed by atoms with van der Waals surface area (Å²) in [6, 6.07) is 0. The largest absolute Gasteiger partial charge is 0.469 e. The minimum Gasteiger partial charge on any atom is -0.469 e. The van der Waals surface area contributed by atoms with Crippen LogP contribution in [0.15, 0.2) is 12.2 Å². The lowest BCUT2D eigenvalue weighted by atomic mass is 9.46. The molecule has 3 saturated carbocycles. The molecule has 1 saturated heterocycles. The number of esters is 1. The second-order valence-corrected chi connectivity index (χ2v) is 14.5. The topological polar surface area (TPSA) is 93.2 Å². The van der Waals surface area contributed by atoms with E-state index in [1.165, 1.54) is 14.0 Å². The smallest absolute Gasteiger partial charge is 0.312 e. The molecule has 4 rings (SSSR count). The molecule has 6 heteroatoms. The first-order chi connectivity index (χ1) is 17.0. The molecule has 1 heterocycles. The molecule has 0 aromatic rings. The van der Waals surface area contributed by atoms with Gasteiger partial charge in [-0.05, 0) is 94.1 Å². The first-order valence-corrected chi connectivity index (χ1v) is 14.2. The first kappa shape index (κ1) is 28.5. The lowest BCUT2D eigenvalue weighted by Gasteiger charge is -2.57. The Kier molecular flexibility index (Phi) is 6.93.